The van der Waals surface area contributed by atoms with Crippen LogP contribution in [-0.4, -0.2) is 22.8 Å². The molecule has 2 aromatic rings. The van der Waals surface area contributed by atoms with E-state index in [0.29, 0.717) is 16.1 Å². The fourth-order valence-electron chi connectivity index (χ4n) is 2.07. The van der Waals surface area contributed by atoms with E-state index in [1.165, 1.54) is 38.1 Å². The Bertz CT molecular complexity index is 878. The zero-order chi connectivity index (χ0) is 23.6. The molecule has 2 rings (SSSR count). The van der Waals surface area contributed by atoms with Crippen molar-refractivity contribution in [1.29, 1.82) is 0 Å². The van der Waals surface area contributed by atoms with Crippen LogP contribution in [0.25, 0.3) is 0 Å². The number of esters is 1. The van der Waals surface area contributed by atoms with Gasteiger partial charge in [-0.1, -0.05) is 35.9 Å². The first-order chi connectivity index (χ1) is 14.2. The summed E-state index contributed by atoms with van der Waals surface area (Å²) >= 11 is 5.85. The molecule has 5 heteroatoms. The molecule has 0 aliphatic carbocycles. The number of hydrogen-bond donors (Lipinski definition) is 1. The lowest BCUT2D eigenvalue weighted by atomic mass is 10.0. The molecule has 0 amide bonds. The first kappa shape index (κ1) is 12.3. The average molecular weight is 369 g/mol. The number of ether oxygens (including phenoxy) is 2. The van der Waals surface area contributed by atoms with Crippen LogP contribution in [-0.2, 0) is 9.53 Å². The molecule has 4 nitrogen and oxygen atoms in total. The summed E-state index contributed by atoms with van der Waals surface area (Å²) in [5.74, 6) is -1.69. The molecule has 0 aliphatic heterocycles. The standard InChI is InChI=1S/C20H23ClO4/c1-13(2)24-19(23)20(3,4)25-17-11-7-15(8-12-17)18(22)14-5-9-16(21)10-6-14/h5-13,18,22H,1-4H3/i3D3,4D3. The number of rotatable bonds is 6. The Balaban J connectivity index is 2.41. The SMILES string of the molecule is [2H]C([2H])([2H])C(Oc1ccc(C(O)c2ccc(Cl)cc2)cc1)(C(=O)OC(C)C)C([2H])([2H])[2H]. The molecule has 0 saturated carbocycles. The largest absolute Gasteiger partial charge is 0.476 e. The van der Waals surface area contributed by atoms with Crippen LogP contribution >= 0.6 is 11.6 Å². The van der Waals surface area contributed by atoms with Crippen LogP contribution in [0, 0.1) is 0 Å². The molecule has 0 aromatic heterocycles. The molecular formula is C20H23ClO4. The lowest BCUT2D eigenvalue weighted by Gasteiger charge is -2.25. The van der Waals surface area contributed by atoms with Crippen molar-refractivity contribution in [3.05, 3.63) is 64.7 Å². The molecule has 0 aliphatic rings. The maximum Gasteiger partial charge on any atom is 0.350 e. The van der Waals surface area contributed by atoms with Gasteiger partial charge < -0.3 is 14.6 Å². The highest BCUT2D eigenvalue weighted by atomic mass is 35.5. The molecule has 1 atom stereocenters. The summed E-state index contributed by atoms with van der Waals surface area (Å²) in [6.45, 7) is -3.78. The van der Waals surface area contributed by atoms with Crippen molar-refractivity contribution in [3.8, 4) is 5.75 Å². The van der Waals surface area contributed by atoms with Crippen molar-refractivity contribution in [3.63, 3.8) is 0 Å². The molecule has 1 N–H and O–H groups in total. The number of carbonyl (C=O) groups excluding carboxylic acids is 1. The fraction of sp³-hybridized carbons (Fsp3) is 0.350. The molecule has 0 heterocycles. The number of benzene rings is 2. The maximum atomic E-state index is 12.6. The van der Waals surface area contributed by atoms with Gasteiger partial charge in [-0.15, -0.1) is 0 Å². The molecule has 2 aromatic carbocycles. The van der Waals surface area contributed by atoms with Gasteiger partial charge in [0.25, 0.3) is 0 Å². The number of hydrogen-bond acceptors (Lipinski definition) is 4. The summed E-state index contributed by atoms with van der Waals surface area (Å²) in [7, 11) is 0. The van der Waals surface area contributed by atoms with Crippen molar-refractivity contribution in [2.45, 2.75) is 45.4 Å². The van der Waals surface area contributed by atoms with Gasteiger partial charge in [-0.05, 0) is 62.9 Å². The minimum atomic E-state index is -3.36. The van der Waals surface area contributed by atoms with Gasteiger partial charge >= 0.3 is 5.97 Å². The third-order valence-electron chi connectivity index (χ3n) is 3.28. The molecule has 134 valence electrons. The van der Waals surface area contributed by atoms with Crippen LogP contribution in [0.4, 0.5) is 0 Å². The van der Waals surface area contributed by atoms with E-state index in [9.17, 15) is 9.90 Å². The highest BCUT2D eigenvalue weighted by molar-refractivity contribution is 6.30. The van der Waals surface area contributed by atoms with Gasteiger partial charge in [-0.25, -0.2) is 4.79 Å². The Hall–Kier alpha value is -2.04. The summed E-state index contributed by atoms with van der Waals surface area (Å²) in [6, 6.07) is 12.0. The molecule has 1 unspecified atom stereocenters. The Morgan fingerprint density at radius 1 is 1.08 bits per heavy atom. The zero-order valence-corrected chi connectivity index (χ0v) is 14.6. The van der Waals surface area contributed by atoms with Gasteiger partial charge in [0.15, 0.2) is 5.60 Å². The Morgan fingerprint density at radius 2 is 1.60 bits per heavy atom. The van der Waals surface area contributed by atoms with Gasteiger partial charge in [-0.3, -0.25) is 0 Å². The van der Waals surface area contributed by atoms with Crippen LogP contribution < -0.4 is 4.74 Å². The monoisotopic (exact) mass is 368 g/mol. The highest BCUT2D eigenvalue weighted by Gasteiger charge is 2.32. The van der Waals surface area contributed by atoms with Gasteiger partial charge in [0, 0.05) is 13.2 Å². The minimum absolute atomic E-state index is 0.181. The molecule has 0 saturated heterocycles. The highest BCUT2D eigenvalue weighted by Crippen LogP contribution is 2.26. The third-order valence-corrected chi connectivity index (χ3v) is 3.53. The van der Waals surface area contributed by atoms with Crippen LogP contribution in [0.3, 0.4) is 0 Å². The summed E-state index contributed by atoms with van der Waals surface area (Å²) in [5.41, 5.74) is -2.22. The van der Waals surface area contributed by atoms with Gasteiger partial charge in [-0.2, -0.15) is 0 Å². The van der Waals surface area contributed by atoms with Crippen LogP contribution in [0.5, 0.6) is 5.75 Å². The van der Waals surface area contributed by atoms with Crippen molar-refractivity contribution >= 4 is 17.6 Å². The molecule has 0 spiro atoms. The molecule has 0 radical (unpaired) electrons. The lowest BCUT2D eigenvalue weighted by molar-refractivity contribution is -0.163. The van der Waals surface area contributed by atoms with E-state index < -0.39 is 37.5 Å². The van der Waals surface area contributed by atoms with Gasteiger partial charge in [0.05, 0.1) is 6.10 Å². The van der Waals surface area contributed by atoms with E-state index in [0.717, 1.165) is 0 Å². The van der Waals surface area contributed by atoms with Gasteiger partial charge in [0.1, 0.15) is 11.9 Å². The predicted molar refractivity (Wildman–Crippen MR) is 97.9 cm³/mol. The number of aliphatic hydroxyl groups excluding tert-OH is 1. The first-order valence-corrected chi connectivity index (χ1v) is 8.00. The van der Waals surface area contributed by atoms with E-state index in [2.05, 4.69) is 0 Å². The average Bonchev–Trinajstić information content (AvgIpc) is 2.64. The Morgan fingerprint density at radius 3 is 2.08 bits per heavy atom. The summed E-state index contributed by atoms with van der Waals surface area (Å²) in [6.07, 6.45) is -1.76. The summed E-state index contributed by atoms with van der Waals surface area (Å²) in [5, 5.41) is 11.0. The van der Waals surface area contributed by atoms with Crippen LogP contribution in [0.1, 0.15) is 53.0 Å². The normalized spacial score (nSPS) is 17.3. The number of aliphatic hydroxyl groups is 1. The second-order valence-electron chi connectivity index (χ2n) is 5.76. The fourth-order valence-corrected chi connectivity index (χ4v) is 2.20. The van der Waals surface area contributed by atoms with E-state index in [-0.39, 0.29) is 5.75 Å². The van der Waals surface area contributed by atoms with E-state index >= 15 is 0 Å². The van der Waals surface area contributed by atoms with Crippen LogP contribution in [0.15, 0.2) is 48.5 Å². The molecule has 0 fully saturated rings. The second-order valence-corrected chi connectivity index (χ2v) is 6.20. The van der Waals surface area contributed by atoms with E-state index in [1.807, 2.05) is 0 Å². The third kappa shape index (κ3) is 5.21. The quantitative estimate of drug-likeness (QED) is 0.761. The van der Waals surface area contributed by atoms with Crippen LogP contribution in [0.2, 0.25) is 5.02 Å². The van der Waals surface area contributed by atoms with Crippen molar-refractivity contribution in [1.82, 2.24) is 0 Å². The zero-order valence-electron chi connectivity index (χ0n) is 19.8. The predicted octanol–water partition coefficient (Wildman–Crippen LogP) is 4.53. The minimum Gasteiger partial charge on any atom is -0.476 e. The van der Waals surface area contributed by atoms with E-state index in [4.69, 9.17) is 29.3 Å². The van der Waals surface area contributed by atoms with Crippen molar-refractivity contribution in [2.24, 2.45) is 0 Å². The van der Waals surface area contributed by atoms with Crippen molar-refractivity contribution < 1.29 is 27.6 Å². The Labute approximate surface area is 161 Å². The van der Waals surface area contributed by atoms with E-state index in [1.54, 1.807) is 24.3 Å². The summed E-state index contributed by atoms with van der Waals surface area (Å²) in [4.78, 5) is 12.6. The smallest absolute Gasteiger partial charge is 0.350 e. The molecule has 0 bridgehead atoms. The molecule has 25 heavy (non-hydrogen) atoms. The molecular weight excluding hydrogens is 340 g/mol. The number of halogens is 1. The topological polar surface area (TPSA) is 55.8 Å². The van der Waals surface area contributed by atoms with Crippen molar-refractivity contribution in [2.75, 3.05) is 0 Å². The Kier molecular flexibility index (Phi) is 3.89. The maximum absolute atomic E-state index is 12.6. The van der Waals surface area contributed by atoms with Gasteiger partial charge in [0.2, 0.25) is 0 Å². The number of carbonyl (C=O) groups is 1. The first-order valence-electron chi connectivity index (χ1n) is 10.6. The second kappa shape index (κ2) is 7.89. The lowest BCUT2D eigenvalue weighted by Crippen LogP contribution is -2.40. The summed E-state index contributed by atoms with van der Waals surface area (Å²) < 4.78 is 56.8.